The van der Waals surface area contributed by atoms with Crippen LogP contribution in [0.15, 0.2) is 91.0 Å². The second kappa shape index (κ2) is 18.2. The van der Waals surface area contributed by atoms with Gasteiger partial charge in [0.05, 0.1) is 19.6 Å². The van der Waals surface area contributed by atoms with Gasteiger partial charge in [0.25, 0.3) is 8.32 Å². The van der Waals surface area contributed by atoms with E-state index in [1.807, 2.05) is 48.5 Å². The lowest BCUT2D eigenvalue weighted by molar-refractivity contribution is -0.138. The van der Waals surface area contributed by atoms with Gasteiger partial charge >= 0.3 is 14.0 Å². The molecule has 304 valence electrons. The fraction of sp³-hybridized carbons (Fsp3) is 0.447. The topological polar surface area (TPSA) is 85.7 Å². The Morgan fingerprint density at radius 2 is 1.50 bits per heavy atom. The number of halogens is 3. The van der Waals surface area contributed by atoms with Crippen molar-refractivity contribution < 1.29 is 27.8 Å². The maximum atomic E-state index is 14.2. The number of pyridine rings is 1. The number of carboxylic acids is 1. The van der Waals surface area contributed by atoms with Crippen LogP contribution in [-0.4, -0.2) is 45.2 Å². The summed E-state index contributed by atoms with van der Waals surface area (Å²) in [7, 11) is -5.57. The Hall–Kier alpha value is -2.53. The summed E-state index contributed by atoms with van der Waals surface area (Å²) in [4.78, 5) is 17.8. The molecule has 1 N–H and O–H groups in total. The molecule has 0 aliphatic heterocycles. The van der Waals surface area contributed by atoms with Crippen LogP contribution in [0.5, 0.6) is 0 Å². The van der Waals surface area contributed by atoms with E-state index in [0.29, 0.717) is 0 Å². The molecule has 6 nitrogen and oxygen atoms in total. The number of nitrogens with zero attached hydrogens (tertiary/aromatic N) is 1. The van der Waals surface area contributed by atoms with Gasteiger partial charge in [-0.05, 0) is 101 Å². The minimum atomic E-state index is -3.22. The molecule has 4 fully saturated rings. The first kappa shape index (κ1) is 43.6. The smallest absolute Gasteiger partial charge is 0.481 e. The molecule has 11 heteroatoms. The number of alkyl halides is 2. The van der Waals surface area contributed by atoms with Crippen molar-refractivity contribution in [2.75, 3.05) is 12.8 Å². The van der Waals surface area contributed by atoms with E-state index in [-0.39, 0.29) is 38.3 Å². The Balaban J connectivity index is 1.17. The van der Waals surface area contributed by atoms with E-state index in [0.717, 1.165) is 56.2 Å². The molecule has 4 aliphatic carbocycles. The Labute approximate surface area is 372 Å². The third-order valence-corrected chi connectivity index (χ3v) is 23.2. The molecule has 2 unspecified atom stereocenters. The lowest BCUT2D eigenvalue weighted by Gasteiger charge is -2.56. The highest BCUT2D eigenvalue weighted by Crippen LogP contribution is 2.61. The lowest BCUT2D eigenvalue weighted by atomic mass is 9.48. The molecule has 0 radical (unpaired) electrons. The average molecular weight is 1040 g/mol. The SMILES string of the molecule is CC(C)c1nc(C23CC4CC(CC(C4)C2)C3)cc(-c2ccc(F)cc2)c1C#CCO[P+](=O)CC(CC(=O)O)O[Si](c1ccccc1)(c1ccccc1)C(C)(C)C(I)I. The molecule has 58 heavy (non-hydrogen) atoms. The molecule has 4 saturated carbocycles. The van der Waals surface area contributed by atoms with E-state index >= 15 is 0 Å². The van der Waals surface area contributed by atoms with Gasteiger partial charge in [0, 0.05) is 21.7 Å². The molecule has 8 rings (SSSR count). The third kappa shape index (κ3) is 9.06. The number of rotatable bonds is 15. The summed E-state index contributed by atoms with van der Waals surface area (Å²) in [6.45, 7) is 8.51. The van der Waals surface area contributed by atoms with Crippen molar-refractivity contribution in [1.29, 1.82) is 0 Å². The van der Waals surface area contributed by atoms with Crippen molar-refractivity contribution in [1.82, 2.24) is 4.98 Å². The first-order chi connectivity index (χ1) is 27.7. The maximum absolute atomic E-state index is 14.2. The van der Waals surface area contributed by atoms with Crippen LogP contribution in [0.3, 0.4) is 0 Å². The van der Waals surface area contributed by atoms with Crippen LogP contribution in [-0.2, 0) is 23.7 Å². The van der Waals surface area contributed by atoms with Crippen molar-refractivity contribution in [3.63, 3.8) is 0 Å². The van der Waals surface area contributed by atoms with Gasteiger partial charge in [-0.15, -0.1) is 4.52 Å². The number of aliphatic carboxylic acids is 1. The monoisotopic (exact) mass is 1040 g/mol. The first-order valence-corrected chi connectivity index (χ1v) is 26.1. The predicted octanol–water partition coefficient (Wildman–Crippen LogP) is 11.2. The molecule has 0 spiro atoms. The summed E-state index contributed by atoms with van der Waals surface area (Å²) in [5.74, 6) is 7.53. The van der Waals surface area contributed by atoms with Gasteiger partial charge in [0.1, 0.15) is 11.9 Å². The maximum Gasteiger partial charge on any atom is 0.511 e. The van der Waals surface area contributed by atoms with E-state index in [1.54, 1.807) is 0 Å². The molecule has 2 atom stereocenters. The number of carboxylic acid groups (broad SMARTS) is 1. The van der Waals surface area contributed by atoms with Crippen LogP contribution >= 0.6 is 53.2 Å². The minimum absolute atomic E-state index is 0.0697. The van der Waals surface area contributed by atoms with Crippen molar-refractivity contribution in [3.8, 4) is 23.0 Å². The summed E-state index contributed by atoms with van der Waals surface area (Å²) in [5, 5.41) is 11.7. The van der Waals surface area contributed by atoms with Crippen molar-refractivity contribution >= 4 is 77.9 Å². The van der Waals surface area contributed by atoms with Crippen LogP contribution < -0.4 is 10.4 Å². The summed E-state index contributed by atoms with van der Waals surface area (Å²) < 4.78 is 41.2. The van der Waals surface area contributed by atoms with Gasteiger partial charge in [-0.2, -0.15) is 0 Å². The highest BCUT2D eigenvalue weighted by Gasteiger charge is 2.57. The number of hydrogen-bond donors (Lipinski definition) is 1. The fourth-order valence-electron chi connectivity index (χ4n) is 10.4. The van der Waals surface area contributed by atoms with Gasteiger partial charge in [-0.1, -0.05) is 158 Å². The molecule has 0 saturated heterocycles. The Kier molecular flexibility index (Phi) is 13.7. The summed E-state index contributed by atoms with van der Waals surface area (Å²) >= 11 is 4.86. The number of aromatic nitrogens is 1. The molecule has 4 bridgehead atoms. The average Bonchev–Trinajstić information content (AvgIpc) is 3.18. The second-order valence-electron chi connectivity index (χ2n) is 17.5. The Morgan fingerprint density at radius 3 is 2.00 bits per heavy atom. The number of hydrogen-bond acceptors (Lipinski definition) is 5. The van der Waals surface area contributed by atoms with Crippen LogP contribution in [0, 0.1) is 35.4 Å². The molecule has 3 aromatic carbocycles. The number of benzene rings is 3. The van der Waals surface area contributed by atoms with Crippen LogP contribution in [0.4, 0.5) is 4.39 Å². The zero-order valence-corrected chi connectivity index (χ0v) is 39.8. The lowest BCUT2D eigenvalue weighted by Crippen LogP contribution is -2.69. The Morgan fingerprint density at radius 1 is 0.948 bits per heavy atom. The molecule has 0 amide bonds. The van der Waals surface area contributed by atoms with Crippen LogP contribution in [0.1, 0.15) is 95.5 Å². The highest BCUT2D eigenvalue weighted by atomic mass is 127. The number of carbonyl (C=O) groups is 1. The van der Waals surface area contributed by atoms with Crippen LogP contribution in [0.2, 0.25) is 5.04 Å². The van der Waals surface area contributed by atoms with E-state index < -0.39 is 33.5 Å². The highest BCUT2D eigenvalue weighted by molar-refractivity contribution is 14.2. The van der Waals surface area contributed by atoms with E-state index in [9.17, 15) is 18.9 Å². The fourth-order valence-corrected chi connectivity index (χ4v) is 18.7. The van der Waals surface area contributed by atoms with Gasteiger partial charge in [-0.25, -0.2) is 4.39 Å². The molecule has 1 aromatic heterocycles. The first-order valence-electron chi connectivity index (χ1n) is 20.4. The van der Waals surface area contributed by atoms with Gasteiger partial charge < -0.3 is 9.53 Å². The van der Waals surface area contributed by atoms with Gasteiger partial charge in [0.15, 0.2) is 6.61 Å². The largest absolute Gasteiger partial charge is 0.511 e. The standard InChI is InChI=1S/C47H51FI2NO5PSi/c1-31(2)44-40(41(35-17-19-36(48)20-18-35)26-42(51-44)47-27-32-22-33(28-47)24-34(23-32)29-47)16-11-21-55-57(54)30-37(25-43(52)53)56-58(46(3,4)45(49)50,38-12-7-5-8-13-38)39-14-9-6-10-15-39/h5-10,12-15,17-20,26,31-34,37,45H,21-25,27-30H2,1-4H3/p+1. The summed E-state index contributed by atoms with van der Waals surface area (Å²) in [6, 6.07) is 29.0. The Bertz CT molecular complexity index is 2100. The van der Waals surface area contributed by atoms with E-state index in [4.69, 9.17) is 13.9 Å². The van der Waals surface area contributed by atoms with Gasteiger partial charge in [0.2, 0.25) is 6.16 Å². The van der Waals surface area contributed by atoms with Crippen molar-refractivity contribution in [2.24, 2.45) is 17.8 Å². The van der Waals surface area contributed by atoms with E-state index in [2.05, 4.69) is 115 Å². The third-order valence-electron chi connectivity index (χ3n) is 12.7. The zero-order valence-electron chi connectivity index (χ0n) is 33.6. The summed E-state index contributed by atoms with van der Waals surface area (Å²) in [6.07, 6.45) is 6.26. The molecule has 4 aromatic rings. The summed E-state index contributed by atoms with van der Waals surface area (Å²) in [5.41, 5.74) is 4.72. The second-order valence-corrected chi connectivity index (χ2v) is 27.7. The van der Waals surface area contributed by atoms with E-state index in [1.165, 1.54) is 50.7 Å². The normalized spacial score (nSPS) is 22.2. The molecular formula is C47H52FI2NO5PSi+. The van der Waals surface area contributed by atoms with Crippen LogP contribution in [0.25, 0.3) is 11.1 Å². The molecule has 1 heterocycles. The predicted molar refractivity (Wildman–Crippen MR) is 250 cm³/mol. The van der Waals surface area contributed by atoms with Gasteiger partial charge in [-0.3, -0.25) is 9.78 Å². The van der Waals surface area contributed by atoms with Crippen molar-refractivity contribution in [2.45, 2.75) is 97.0 Å². The molecular weight excluding hydrogens is 990 g/mol. The molecule has 4 aliphatic rings. The van der Waals surface area contributed by atoms with Crippen molar-refractivity contribution in [3.05, 3.63) is 114 Å². The quantitative estimate of drug-likeness (QED) is 0.0420. The minimum Gasteiger partial charge on any atom is -0.481 e. The zero-order chi connectivity index (χ0) is 41.2.